The third-order valence-corrected chi connectivity index (χ3v) is 1.86. The average Bonchev–Trinajstić information content (AvgIpc) is 2.76. The number of carbonyl (C=O) groups is 1. The fourth-order valence-electron chi connectivity index (χ4n) is 1.22. The van der Waals surface area contributed by atoms with Crippen LogP contribution in [0.4, 0.5) is 0 Å². The third-order valence-electron chi connectivity index (χ3n) is 1.86. The van der Waals surface area contributed by atoms with Crippen LogP contribution in [-0.4, -0.2) is 26.0 Å². The summed E-state index contributed by atoms with van der Waals surface area (Å²) in [4.78, 5) is 10.6. The van der Waals surface area contributed by atoms with Crippen LogP contribution in [-0.2, 0) is 6.54 Å². The normalized spacial score (nSPS) is 10.5. The SMILES string of the molecule is Cc1cc(Cn2ccc(C(=O)O)n2)no1. The smallest absolute Gasteiger partial charge is 0.356 e. The largest absolute Gasteiger partial charge is 0.476 e. The van der Waals surface area contributed by atoms with Crippen molar-refractivity contribution in [1.29, 1.82) is 0 Å². The maximum absolute atomic E-state index is 10.6. The van der Waals surface area contributed by atoms with Crippen LogP contribution in [0.5, 0.6) is 0 Å². The molecule has 6 nitrogen and oxygen atoms in total. The molecule has 2 aromatic heterocycles. The minimum absolute atomic E-state index is 0.0233. The molecular formula is C9H9N3O3. The van der Waals surface area contributed by atoms with Crippen LogP contribution in [0.2, 0.25) is 0 Å². The number of hydrogen-bond donors (Lipinski definition) is 1. The molecule has 0 bridgehead atoms. The molecule has 0 radical (unpaired) electrons. The van der Waals surface area contributed by atoms with E-state index < -0.39 is 5.97 Å². The van der Waals surface area contributed by atoms with Crippen molar-refractivity contribution in [3.63, 3.8) is 0 Å². The minimum atomic E-state index is -1.04. The number of aromatic nitrogens is 3. The molecule has 6 heteroatoms. The van der Waals surface area contributed by atoms with Crippen LogP contribution in [0.1, 0.15) is 21.9 Å². The first-order valence-corrected chi connectivity index (χ1v) is 4.34. The summed E-state index contributed by atoms with van der Waals surface area (Å²) in [7, 11) is 0. The highest BCUT2D eigenvalue weighted by molar-refractivity contribution is 5.85. The lowest BCUT2D eigenvalue weighted by atomic mass is 10.4. The fourth-order valence-corrected chi connectivity index (χ4v) is 1.22. The van der Waals surface area contributed by atoms with Crippen LogP contribution in [0.15, 0.2) is 22.9 Å². The summed E-state index contributed by atoms with van der Waals surface area (Å²) in [5, 5.41) is 16.3. The lowest BCUT2D eigenvalue weighted by Crippen LogP contribution is -2.03. The van der Waals surface area contributed by atoms with E-state index in [0.29, 0.717) is 12.2 Å². The molecule has 1 N–H and O–H groups in total. The Morgan fingerprint density at radius 1 is 1.67 bits per heavy atom. The van der Waals surface area contributed by atoms with Gasteiger partial charge in [-0.2, -0.15) is 5.10 Å². The summed E-state index contributed by atoms with van der Waals surface area (Å²) >= 11 is 0. The van der Waals surface area contributed by atoms with Gasteiger partial charge in [0.05, 0.1) is 6.54 Å². The summed E-state index contributed by atoms with van der Waals surface area (Å²) in [5.74, 6) is -0.319. The number of rotatable bonds is 3. The van der Waals surface area contributed by atoms with Gasteiger partial charge >= 0.3 is 5.97 Å². The highest BCUT2D eigenvalue weighted by Crippen LogP contribution is 2.04. The summed E-state index contributed by atoms with van der Waals surface area (Å²) < 4.78 is 6.38. The number of aromatic carboxylic acids is 1. The predicted molar refractivity (Wildman–Crippen MR) is 49.5 cm³/mol. The van der Waals surface area contributed by atoms with E-state index in [1.54, 1.807) is 19.2 Å². The molecule has 2 rings (SSSR count). The van der Waals surface area contributed by atoms with Crippen molar-refractivity contribution < 1.29 is 14.4 Å². The van der Waals surface area contributed by atoms with Gasteiger partial charge in [-0.05, 0) is 13.0 Å². The number of nitrogens with zero attached hydrogens (tertiary/aromatic N) is 3. The molecule has 2 aromatic rings. The van der Waals surface area contributed by atoms with Crippen LogP contribution >= 0.6 is 0 Å². The Labute approximate surface area is 85.1 Å². The van der Waals surface area contributed by atoms with Crippen molar-refractivity contribution in [3.05, 3.63) is 35.5 Å². The standard InChI is InChI=1S/C9H9N3O3/c1-6-4-7(11-15-6)5-12-3-2-8(10-12)9(13)14/h2-4H,5H2,1H3,(H,13,14). The molecular weight excluding hydrogens is 198 g/mol. The molecule has 15 heavy (non-hydrogen) atoms. The number of aryl methyl sites for hydroxylation is 1. The maximum atomic E-state index is 10.6. The monoisotopic (exact) mass is 207 g/mol. The quantitative estimate of drug-likeness (QED) is 0.809. The first-order valence-electron chi connectivity index (χ1n) is 4.34. The molecule has 0 aliphatic carbocycles. The average molecular weight is 207 g/mol. The lowest BCUT2D eigenvalue weighted by Gasteiger charge is -1.94. The van der Waals surface area contributed by atoms with E-state index >= 15 is 0 Å². The topological polar surface area (TPSA) is 81.2 Å². The van der Waals surface area contributed by atoms with Crippen LogP contribution in [0, 0.1) is 6.92 Å². The van der Waals surface area contributed by atoms with E-state index in [1.807, 2.05) is 0 Å². The third kappa shape index (κ3) is 2.04. The second kappa shape index (κ2) is 3.56. The van der Waals surface area contributed by atoms with Gasteiger partial charge in [0.25, 0.3) is 0 Å². The molecule has 0 saturated carbocycles. The number of hydrogen-bond acceptors (Lipinski definition) is 4. The van der Waals surface area contributed by atoms with E-state index in [0.717, 1.165) is 5.76 Å². The Kier molecular flexibility index (Phi) is 2.24. The molecule has 0 aromatic carbocycles. The zero-order valence-electron chi connectivity index (χ0n) is 8.04. The Hall–Kier alpha value is -2.11. The van der Waals surface area contributed by atoms with Gasteiger partial charge in [-0.25, -0.2) is 4.79 Å². The van der Waals surface area contributed by atoms with Gasteiger partial charge in [0.2, 0.25) is 0 Å². The molecule has 0 amide bonds. The molecule has 78 valence electrons. The fraction of sp³-hybridized carbons (Fsp3) is 0.222. The van der Waals surface area contributed by atoms with Crippen LogP contribution in [0.25, 0.3) is 0 Å². The van der Waals surface area contributed by atoms with Gasteiger partial charge < -0.3 is 9.63 Å². The minimum Gasteiger partial charge on any atom is -0.476 e. The van der Waals surface area contributed by atoms with Gasteiger partial charge in [-0.3, -0.25) is 4.68 Å². The van der Waals surface area contributed by atoms with E-state index in [4.69, 9.17) is 9.63 Å². The Balaban J connectivity index is 2.14. The second-order valence-corrected chi connectivity index (χ2v) is 3.13. The molecule has 2 heterocycles. The predicted octanol–water partition coefficient (Wildman–Crippen LogP) is 0.926. The highest BCUT2D eigenvalue weighted by atomic mass is 16.5. The molecule has 0 atom stereocenters. The van der Waals surface area contributed by atoms with E-state index in [-0.39, 0.29) is 5.69 Å². The van der Waals surface area contributed by atoms with E-state index in [2.05, 4.69) is 10.3 Å². The molecule has 0 spiro atoms. The van der Waals surface area contributed by atoms with Gasteiger partial charge in [0, 0.05) is 12.3 Å². The van der Waals surface area contributed by atoms with Crippen LogP contribution < -0.4 is 0 Å². The van der Waals surface area contributed by atoms with Gasteiger partial charge in [0.1, 0.15) is 11.5 Å². The maximum Gasteiger partial charge on any atom is 0.356 e. The van der Waals surface area contributed by atoms with Crippen molar-refractivity contribution in [3.8, 4) is 0 Å². The van der Waals surface area contributed by atoms with Gasteiger partial charge in [-0.1, -0.05) is 5.16 Å². The first kappa shape index (κ1) is 9.45. The van der Waals surface area contributed by atoms with Crippen molar-refractivity contribution in [1.82, 2.24) is 14.9 Å². The molecule has 0 fully saturated rings. The molecule has 0 aliphatic heterocycles. The van der Waals surface area contributed by atoms with Crippen molar-refractivity contribution in [2.45, 2.75) is 13.5 Å². The van der Waals surface area contributed by atoms with E-state index in [1.165, 1.54) is 10.7 Å². The van der Waals surface area contributed by atoms with Crippen LogP contribution in [0.3, 0.4) is 0 Å². The summed E-state index contributed by atoms with van der Waals surface area (Å²) in [6, 6.07) is 3.22. The van der Waals surface area contributed by atoms with Gasteiger partial charge in [-0.15, -0.1) is 0 Å². The molecule has 0 aliphatic rings. The molecule has 0 unspecified atom stereocenters. The number of carboxylic acids is 1. The lowest BCUT2D eigenvalue weighted by molar-refractivity contribution is 0.0689. The van der Waals surface area contributed by atoms with Crippen molar-refractivity contribution in [2.75, 3.05) is 0 Å². The van der Waals surface area contributed by atoms with Crippen molar-refractivity contribution >= 4 is 5.97 Å². The summed E-state index contributed by atoms with van der Waals surface area (Å²) in [5.41, 5.74) is 0.739. The zero-order valence-corrected chi connectivity index (χ0v) is 8.04. The summed E-state index contributed by atoms with van der Waals surface area (Å²) in [6.07, 6.45) is 1.59. The van der Waals surface area contributed by atoms with E-state index in [9.17, 15) is 4.79 Å². The summed E-state index contributed by atoms with van der Waals surface area (Å²) in [6.45, 7) is 2.20. The number of carboxylic acid groups (broad SMARTS) is 1. The second-order valence-electron chi connectivity index (χ2n) is 3.13. The Bertz CT molecular complexity index is 486. The Morgan fingerprint density at radius 2 is 2.47 bits per heavy atom. The van der Waals surface area contributed by atoms with Crippen molar-refractivity contribution in [2.24, 2.45) is 0 Å². The zero-order chi connectivity index (χ0) is 10.8. The first-order chi connectivity index (χ1) is 7.15. The highest BCUT2D eigenvalue weighted by Gasteiger charge is 2.08. The van der Waals surface area contributed by atoms with Gasteiger partial charge in [0.15, 0.2) is 5.69 Å². The Morgan fingerprint density at radius 3 is 3.00 bits per heavy atom. The molecule has 0 saturated heterocycles.